The van der Waals surface area contributed by atoms with Crippen molar-refractivity contribution in [3.8, 4) is 5.75 Å². The Kier molecular flexibility index (Phi) is 6.68. The molecule has 0 bridgehead atoms. The first kappa shape index (κ1) is 21.0. The monoisotopic (exact) mass is 415 g/mol. The first-order valence-corrected chi connectivity index (χ1v) is 10.9. The number of piperazine rings is 1. The molecule has 0 aliphatic carbocycles. The Bertz CT molecular complexity index is 982. The highest BCUT2D eigenvalue weighted by Gasteiger charge is 2.24. The van der Waals surface area contributed by atoms with Crippen molar-refractivity contribution in [1.29, 1.82) is 0 Å². The summed E-state index contributed by atoms with van der Waals surface area (Å²) in [5.74, 6) is -0.0869. The molecule has 2 aromatic rings. The maximum atomic E-state index is 12.8. The van der Waals surface area contributed by atoms with E-state index in [9.17, 15) is 13.2 Å². The fraction of sp³-hybridized carbons (Fsp3) is 0.286. The van der Waals surface area contributed by atoms with Crippen molar-refractivity contribution in [2.75, 3.05) is 39.8 Å². The zero-order valence-corrected chi connectivity index (χ0v) is 17.1. The van der Waals surface area contributed by atoms with E-state index < -0.39 is 10.0 Å². The Morgan fingerprint density at radius 3 is 2.41 bits per heavy atom. The molecular weight excluding hydrogens is 390 g/mol. The van der Waals surface area contributed by atoms with Gasteiger partial charge >= 0.3 is 0 Å². The van der Waals surface area contributed by atoms with Gasteiger partial charge in [-0.05, 0) is 23.8 Å². The number of nitrogens with two attached hydrogens (primary N) is 1. The van der Waals surface area contributed by atoms with Crippen LogP contribution in [0.5, 0.6) is 5.75 Å². The third-order valence-electron chi connectivity index (χ3n) is 4.85. The zero-order valence-electron chi connectivity index (χ0n) is 16.3. The highest BCUT2D eigenvalue weighted by atomic mass is 32.2. The Balaban J connectivity index is 1.59. The lowest BCUT2D eigenvalue weighted by atomic mass is 10.1. The van der Waals surface area contributed by atoms with Crippen molar-refractivity contribution in [3.05, 3.63) is 65.7 Å². The lowest BCUT2D eigenvalue weighted by molar-refractivity contribution is 0.0650. The van der Waals surface area contributed by atoms with Gasteiger partial charge in [-0.2, -0.15) is 0 Å². The van der Waals surface area contributed by atoms with E-state index in [2.05, 4.69) is 29.2 Å². The third kappa shape index (κ3) is 5.44. The Hall–Kier alpha value is -2.68. The number of methoxy groups -OCH3 is 1. The van der Waals surface area contributed by atoms with Crippen LogP contribution in [0.15, 0.2) is 59.5 Å². The second-order valence-corrected chi connectivity index (χ2v) is 8.35. The molecule has 0 saturated carbocycles. The number of carbonyl (C=O) groups excluding carboxylic acids is 1. The summed E-state index contributed by atoms with van der Waals surface area (Å²) >= 11 is 0. The summed E-state index contributed by atoms with van der Waals surface area (Å²) in [6.07, 6.45) is 4.21. The van der Waals surface area contributed by atoms with Gasteiger partial charge in [-0.25, -0.2) is 13.6 Å². The molecular formula is C21H25N3O4S. The number of rotatable bonds is 6. The summed E-state index contributed by atoms with van der Waals surface area (Å²) in [4.78, 5) is 16.6. The molecule has 0 atom stereocenters. The molecule has 2 N–H and O–H groups in total. The normalized spacial score (nSPS) is 15.6. The number of nitrogens with zero attached hydrogens (tertiary/aromatic N) is 2. The molecule has 3 rings (SSSR count). The molecule has 7 nitrogen and oxygen atoms in total. The fourth-order valence-corrected chi connectivity index (χ4v) is 3.97. The van der Waals surface area contributed by atoms with E-state index in [4.69, 9.17) is 9.88 Å². The van der Waals surface area contributed by atoms with Crippen LogP contribution < -0.4 is 9.88 Å². The summed E-state index contributed by atoms with van der Waals surface area (Å²) in [5, 5.41) is 5.24. The molecule has 154 valence electrons. The van der Waals surface area contributed by atoms with Crippen LogP contribution >= 0.6 is 0 Å². The van der Waals surface area contributed by atoms with E-state index in [1.54, 1.807) is 11.0 Å². The largest absolute Gasteiger partial charge is 0.495 e. The standard InChI is InChI=1S/C21H25N3O4S/c1-28-19-10-9-18(16-20(19)29(22,26)27)21(25)24-14-12-23(13-15-24)11-5-8-17-6-3-2-4-7-17/h2-10,16H,11-15H2,1H3,(H2,22,26,27)/b8-5+. The zero-order chi connectivity index (χ0) is 20.9. The van der Waals surface area contributed by atoms with Crippen LogP contribution in [0, 0.1) is 0 Å². The molecule has 29 heavy (non-hydrogen) atoms. The molecule has 1 aliphatic heterocycles. The molecule has 2 aromatic carbocycles. The number of amides is 1. The van der Waals surface area contributed by atoms with Crippen LogP contribution in [0.2, 0.25) is 0 Å². The molecule has 1 saturated heterocycles. The van der Waals surface area contributed by atoms with Crippen LogP contribution in [0.4, 0.5) is 0 Å². The summed E-state index contributed by atoms with van der Waals surface area (Å²) in [6.45, 7) is 3.48. The first-order chi connectivity index (χ1) is 13.9. The lowest BCUT2D eigenvalue weighted by Gasteiger charge is -2.34. The molecule has 1 fully saturated rings. The van der Waals surface area contributed by atoms with Gasteiger partial charge in [0.15, 0.2) is 0 Å². The Morgan fingerprint density at radius 1 is 1.10 bits per heavy atom. The van der Waals surface area contributed by atoms with Crippen molar-refractivity contribution < 1.29 is 17.9 Å². The molecule has 0 radical (unpaired) electrons. The highest BCUT2D eigenvalue weighted by Crippen LogP contribution is 2.24. The first-order valence-electron chi connectivity index (χ1n) is 9.32. The third-order valence-corrected chi connectivity index (χ3v) is 5.78. The van der Waals surface area contributed by atoms with E-state index in [1.165, 1.54) is 19.2 Å². The van der Waals surface area contributed by atoms with Gasteiger partial charge in [0, 0.05) is 38.3 Å². The maximum Gasteiger partial charge on any atom is 0.253 e. The number of primary sulfonamides is 1. The van der Waals surface area contributed by atoms with Crippen LogP contribution in [0.1, 0.15) is 15.9 Å². The summed E-state index contributed by atoms with van der Waals surface area (Å²) in [5.41, 5.74) is 1.44. The topological polar surface area (TPSA) is 92.9 Å². The summed E-state index contributed by atoms with van der Waals surface area (Å²) < 4.78 is 28.6. The SMILES string of the molecule is COc1ccc(C(=O)N2CCN(C/C=C/c3ccccc3)CC2)cc1S(N)(=O)=O. The smallest absolute Gasteiger partial charge is 0.253 e. The van der Waals surface area contributed by atoms with Crippen LogP contribution in [-0.2, 0) is 10.0 Å². The van der Waals surface area contributed by atoms with Gasteiger partial charge in [0.05, 0.1) is 7.11 Å². The number of benzene rings is 2. The predicted molar refractivity (Wildman–Crippen MR) is 112 cm³/mol. The van der Waals surface area contributed by atoms with Crippen molar-refractivity contribution in [1.82, 2.24) is 9.80 Å². The van der Waals surface area contributed by atoms with Crippen LogP contribution in [0.3, 0.4) is 0 Å². The molecule has 0 aromatic heterocycles. The van der Waals surface area contributed by atoms with E-state index in [-0.39, 0.29) is 22.1 Å². The minimum atomic E-state index is -3.99. The van der Waals surface area contributed by atoms with E-state index in [1.807, 2.05) is 18.2 Å². The number of sulfonamides is 1. The van der Waals surface area contributed by atoms with Crippen molar-refractivity contribution in [2.45, 2.75) is 4.90 Å². The average molecular weight is 416 g/mol. The van der Waals surface area contributed by atoms with Gasteiger partial charge in [-0.1, -0.05) is 42.5 Å². The Labute approximate surface area is 171 Å². The number of hydrogen-bond donors (Lipinski definition) is 1. The molecule has 0 spiro atoms. The molecule has 1 amide bonds. The van der Waals surface area contributed by atoms with Gasteiger partial charge in [-0.15, -0.1) is 0 Å². The number of hydrogen-bond acceptors (Lipinski definition) is 5. The Morgan fingerprint density at radius 2 is 1.79 bits per heavy atom. The highest BCUT2D eigenvalue weighted by molar-refractivity contribution is 7.89. The molecule has 1 aliphatic rings. The molecule has 8 heteroatoms. The minimum Gasteiger partial charge on any atom is -0.495 e. The second-order valence-electron chi connectivity index (χ2n) is 6.82. The van der Waals surface area contributed by atoms with Crippen molar-refractivity contribution in [3.63, 3.8) is 0 Å². The van der Waals surface area contributed by atoms with Gasteiger partial charge in [0.25, 0.3) is 5.91 Å². The van der Waals surface area contributed by atoms with Crippen LogP contribution in [0.25, 0.3) is 6.08 Å². The van der Waals surface area contributed by atoms with Gasteiger partial charge < -0.3 is 9.64 Å². The number of ether oxygens (including phenoxy) is 1. The van der Waals surface area contributed by atoms with Gasteiger partial charge in [0.2, 0.25) is 10.0 Å². The predicted octanol–water partition coefficient (Wildman–Crippen LogP) is 1.81. The lowest BCUT2D eigenvalue weighted by Crippen LogP contribution is -2.48. The fourth-order valence-electron chi connectivity index (χ4n) is 3.25. The quantitative estimate of drug-likeness (QED) is 0.777. The van der Waals surface area contributed by atoms with Gasteiger partial charge in [-0.3, -0.25) is 9.69 Å². The molecule has 0 unspecified atom stereocenters. The maximum absolute atomic E-state index is 12.8. The minimum absolute atomic E-state index is 0.124. The van der Waals surface area contributed by atoms with E-state index in [0.717, 1.165) is 25.2 Å². The summed E-state index contributed by atoms with van der Waals surface area (Å²) in [7, 11) is -2.63. The van der Waals surface area contributed by atoms with Crippen molar-refractivity contribution in [2.24, 2.45) is 5.14 Å². The average Bonchev–Trinajstić information content (AvgIpc) is 2.73. The van der Waals surface area contributed by atoms with Gasteiger partial charge in [0.1, 0.15) is 10.6 Å². The molecule has 1 heterocycles. The van der Waals surface area contributed by atoms with Crippen molar-refractivity contribution >= 4 is 22.0 Å². The van der Waals surface area contributed by atoms with E-state index in [0.29, 0.717) is 13.1 Å². The number of carbonyl (C=O) groups is 1. The second kappa shape index (κ2) is 9.21. The van der Waals surface area contributed by atoms with Crippen LogP contribution in [-0.4, -0.2) is 64.0 Å². The van der Waals surface area contributed by atoms with E-state index >= 15 is 0 Å². The summed E-state index contributed by atoms with van der Waals surface area (Å²) in [6, 6.07) is 14.4.